The summed E-state index contributed by atoms with van der Waals surface area (Å²) in [5, 5.41) is 9.51. The standard InChI is InChI=1S/C25H30N6O2/c1-16-12-30(23-5-4-18(10-21(16)23)19-11-26-28(3)13-19)25-22-14-29(17(2)32)8-6-24(22)31(27-25)20-7-9-33-15-20/h4-5,10-11,13,16,20H,6-9,12,14-15H2,1-3H3/t16-,20+/m0/s1. The minimum atomic E-state index is 0.125. The molecule has 2 atom stereocenters. The molecule has 0 unspecified atom stereocenters. The van der Waals surface area contributed by atoms with E-state index in [0.717, 1.165) is 43.9 Å². The van der Waals surface area contributed by atoms with Crippen LogP contribution in [-0.2, 0) is 29.5 Å². The van der Waals surface area contributed by atoms with Crippen molar-refractivity contribution in [2.45, 2.75) is 45.2 Å². The van der Waals surface area contributed by atoms with Crippen LogP contribution < -0.4 is 4.90 Å². The van der Waals surface area contributed by atoms with E-state index in [9.17, 15) is 4.79 Å². The van der Waals surface area contributed by atoms with Gasteiger partial charge in [-0.25, -0.2) is 0 Å². The molecule has 172 valence electrons. The second-order valence-electron chi connectivity index (χ2n) is 9.59. The summed E-state index contributed by atoms with van der Waals surface area (Å²) in [7, 11) is 1.94. The highest BCUT2D eigenvalue weighted by atomic mass is 16.5. The van der Waals surface area contributed by atoms with Gasteiger partial charge in [-0.2, -0.15) is 10.2 Å². The van der Waals surface area contributed by atoms with E-state index in [1.807, 2.05) is 22.8 Å². The highest BCUT2D eigenvalue weighted by molar-refractivity contribution is 5.77. The fourth-order valence-electron chi connectivity index (χ4n) is 5.55. The van der Waals surface area contributed by atoms with Gasteiger partial charge in [0.15, 0.2) is 5.82 Å². The minimum absolute atomic E-state index is 0.125. The van der Waals surface area contributed by atoms with E-state index < -0.39 is 0 Å². The molecule has 8 heteroatoms. The van der Waals surface area contributed by atoms with Crippen LogP contribution in [0.4, 0.5) is 11.5 Å². The maximum absolute atomic E-state index is 12.2. The number of carbonyl (C=O) groups is 1. The van der Waals surface area contributed by atoms with Crippen LogP contribution in [0.5, 0.6) is 0 Å². The zero-order valence-corrected chi connectivity index (χ0v) is 19.5. The molecule has 0 spiro atoms. The molecular formula is C25H30N6O2. The van der Waals surface area contributed by atoms with Crippen molar-refractivity contribution in [3.8, 4) is 11.1 Å². The Morgan fingerprint density at radius 2 is 2.12 bits per heavy atom. The predicted octanol–water partition coefficient (Wildman–Crippen LogP) is 3.40. The monoisotopic (exact) mass is 446 g/mol. The fourth-order valence-corrected chi connectivity index (χ4v) is 5.55. The molecular weight excluding hydrogens is 416 g/mol. The van der Waals surface area contributed by atoms with Crippen LogP contribution in [0.25, 0.3) is 11.1 Å². The summed E-state index contributed by atoms with van der Waals surface area (Å²) >= 11 is 0. The average Bonchev–Trinajstić information content (AvgIpc) is 3.59. The quantitative estimate of drug-likeness (QED) is 0.617. The lowest BCUT2D eigenvalue weighted by molar-refractivity contribution is -0.129. The lowest BCUT2D eigenvalue weighted by Crippen LogP contribution is -2.35. The van der Waals surface area contributed by atoms with E-state index in [4.69, 9.17) is 9.84 Å². The number of aromatic nitrogens is 4. The summed E-state index contributed by atoms with van der Waals surface area (Å²) in [5.41, 5.74) is 7.33. The van der Waals surface area contributed by atoms with Crippen LogP contribution in [0.1, 0.15) is 49.0 Å². The Morgan fingerprint density at radius 3 is 2.85 bits per heavy atom. The number of hydrogen-bond acceptors (Lipinski definition) is 5. The number of anilines is 2. The van der Waals surface area contributed by atoms with Crippen LogP contribution in [0.3, 0.4) is 0 Å². The molecule has 0 aliphatic carbocycles. The van der Waals surface area contributed by atoms with Crippen molar-refractivity contribution in [1.29, 1.82) is 0 Å². The average molecular weight is 447 g/mol. The van der Waals surface area contributed by atoms with Gasteiger partial charge in [0.25, 0.3) is 0 Å². The van der Waals surface area contributed by atoms with Gasteiger partial charge in [-0.05, 0) is 29.7 Å². The van der Waals surface area contributed by atoms with Crippen LogP contribution in [-0.4, -0.2) is 56.7 Å². The first-order valence-electron chi connectivity index (χ1n) is 11.8. The predicted molar refractivity (Wildman–Crippen MR) is 126 cm³/mol. The van der Waals surface area contributed by atoms with Crippen LogP contribution in [0.2, 0.25) is 0 Å². The molecule has 33 heavy (non-hydrogen) atoms. The Labute approximate surface area is 193 Å². The molecule has 1 fully saturated rings. The number of benzene rings is 1. The van der Waals surface area contributed by atoms with Gasteiger partial charge in [-0.3, -0.25) is 14.2 Å². The smallest absolute Gasteiger partial charge is 0.219 e. The van der Waals surface area contributed by atoms with Crippen molar-refractivity contribution >= 4 is 17.4 Å². The minimum Gasteiger partial charge on any atom is -0.379 e. The molecule has 1 aromatic carbocycles. The topological polar surface area (TPSA) is 68.4 Å². The summed E-state index contributed by atoms with van der Waals surface area (Å²) in [6.45, 7) is 7.70. The Kier molecular flexibility index (Phi) is 4.79. The second-order valence-corrected chi connectivity index (χ2v) is 9.59. The van der Waals surface area contributed by atoms with Gasteiger partial charge in [-0.15, -0.1) is 0 Å². The number of rotatable bonds is 3. The summed E-state index contributed by atoms with van der Waals surface area (Å²) < 4.78 is 9.73. The van der Waals surface area contributed by atoms with Crippen molar-refractivity contribution in [3.63, 3.8) is 0 Å². The first-order chi connectivity index (χ1) is 16.0. The fraction of sp³-hybridized carbons (Fsp3) is 0.480. The van der Waals surface area contributed by atoms with Gasteiger partial charge in [0.1, 0.15) is 0 Å². The maximum Gasteiger partial charge on any atom is 0.219 e. The van der Waals surface area contributed by atoms with E-state index in [1.54, 1.807) is 6.92 Å². The van der Waals surface area contributed by atoms with Crippen molar-refractivity contribution in [1.82, 2.24) is 24.5 Å². The number of aryl methyl sites for hydroxylation is 1. The third-order valence-corrected chi connectivity index (χ3v) is 7.36. The SMILES string of the molecule is CC(=O)N1CCc2c(c(N3C[C@H](C)c4cc(-c5cnn(C)c5)ccc43)nn2[C@@H]2CCOC2)C1. The second kappa shape index (κ2) is 7.73. The molecule has 0 bridgehead atoms. The number of ether oxygens (including phenoxy) is 1. The van der Waals surface area contributed by atoms with Gasteiger partial charge in [0.2, 0.25) is 5.91 Å². The number of fused-ring (bicyclic) bond motifs is 2. The molecule has 2 aromatic heterocycles. The maximum atomic E-state index is 12.2. The van der Waals surface area contributed by atoms with E-state index >= 15 is 0 Å². The van der Waals surface area contributed by atoms with E-state index in [0.29, 0.717) is 19.1 Å². The third-order valence-electron chi connectivity index (χ3n) is 7.36. The Balaban J connectivity index is 1.42. The van der Waals surface area contributed by atoms with Crippen molar-refractivity contribution in [2.75, 3.05) is 31.2 Å². The Hall–Kier alpha value is -3.13. The molecule has 0 N–H and O–H groups in total. The number of amides is 1. The third kappa shape index (κ3) is 3.35. The first-order valence-corrected chi connectivity index (χ1v) is 11.8. The van der Waals surface area contributed by atoms with Crippen molar-refractivity contribution in [3.05, 3.63) is 47.4 Å². The summed E-state index contributed by atoms with van der Waals surface area (Å²) in [6, 6.07) is 6.98. The summed E-state index contributed by atoms with van der Waals surface area (Å²) in [4.78, 5) is 16.5. The largest absolute Gasteiger partial charge is 0.379 e. The molecule has 0 saturated carbocycles. The van der Waals surface area contributed by atoms with E-state index in [-0.39, 0.29) is 11.9 Å². The molecule has 3 aliphatic rings. The zero-order valence-electron chi connectivity index (χ0n) is 19.5. The number of carbonyl (C=O) groups excluding carboxylic acids is 1. The molecule has 0 radical (unpaired) electrons. The number of hydrogen-bond donors (Lipinski definition) is 0. The molecule has 6 rings (SSSR count). The van der Waals surface area contributed by atoms with Crippen LogP contribution in [0.15, 0.2) is 30.6 Å². The van der Waals surface area contributed by atoms with Gasteiger partial charge in [0, 0.05) is 74.7 Å². The highest BCUT2D eigenvalue weighted by Crippen LogP contribution is 2.45. The highest BCUT2D eigenvalue weighted by Gasteiger charge is 2.36. The summed E-state index contributed by atoms with van der Waals surface area (Å²) in [6.07, 6.45) is 5.80. The normalized spacial score (nSPS) is 22.0. The molecule has 3 aromatic rings. The molecule has 1 amide bonds. The van der Waals surface area contributed by atoms with E-state index in [1.165, 1.54) is 28.1 Å². The van der Waals surface area contributed by atoms with E-state index in [2.05, 4.69) is 46.0 Å². The zero-order chi connectivity index (χ0) is 22.7. The first kappa shape index (κ1) is 20.5. The Morgan fingerprint density at radius 1 is 1.24 bits per heavy atom. The molecule has 5 heterocycles. The lowest BCUT2D eigenvalue weighted by atomic mass is 9.99. The Bertz CT molecular complexity index is 1220. The molecule has 8 nitrogen and oxygen atoms in total. The summed E-state index contributed by atoms with van der Waals surface area (Å²) in [5.74, 6) is 1.52. The van der Waals surface area contributed by atoms with Crippen LogP contribution in [0, 0.1) is 0 Å². The molecule has 3 aliphatic heterocycles. The van der Waals surface area contributed by atoms with Crippen LogP contribution >= 0.6 is 0 Å². The van der Waals surface area contributed by atoms with Gasteiger partial charge in [0.05, 0.1) is 25.4 Å². The lowest BCUT2D eigenvalue weighted by Gasteiger charge is -2.28. The van der Waals surface area contributed by atoms with Crippen molar-refractivity contribution in [2.24, 2.45) is 7.05 Å². The number of nitrogens with zero attached hydrogens (tertiary/aromatic N) is 6. The van der Waals surface area contributed by atoms with Crippen molar-refractivity contribution < 1.29 is 9.53 Å². The van der Waals surface area contributed by atoms with Gasteiger partial charge in [-0.1, -0.05) is 13.0 Å². The van der Waals surface area contributed by atoms with Gasteiger partial charge >= 0.3 is 0 Å². The molecule has 1 saturated heterocycles. The van der Waals surface area contributed by atoms with Gasteiger partial charge < -0.3 is 14.5 Å².